The van der Waals surface area contributed by atoms with Crippen molar-refractivity contribution in [2.24, 2.45) is 0 Å². The molecule has 0 aliphatic carbocycles. The Balaban J connectivity index is 2.12. The van der Waals surface area contributed by atoms with Gasteiger partial charge in [-0.1, -0.05) is 0 Å². The van der Waals surface area contributed by atoms with Gasteiger partial charge in [0.25, 0.3) is 0 Å². The van der Waals surface area contributed by atoms with Crippen LogP contribution >= 0.6 is 0 Å². The Hall–Kier alpha value is -0.900. The summed E-state index contributed by atoms with van der Waals surface area (Å²) in [7, 11) is 0. The number of hydrogen-bond donors (Lipinski definition) is 1. The summed E-state index contributed by atoms with van der Waals surface area (Å²) in [5.41, 5.74) is 0.333. The molecule has 1 aliphatic heterocycles. The van der Waals surface area contributed by atoms with Crippen LogP contribution in [0.3, 0.4) is 0 Å². The maximum absolute atomic E-state index is 11.1. The lowest BCUT2D eigenvalue weighted by molar-refractivity contribution is -0.147. The molecule has 1 fully saturated rings. The van der Waals surface area contributed by atoms with Crippen molar-refractivity contribution in [3.8, 4) is 0 Å². The van der Waals surface area contributed by atoms with E-state index < -0.39 is 0 Å². The van der Waals surface area contributed by atoms with Crippen LogP contribution in [0.4, 0.5) is 0 Å². The lowest BCUT2D eigenvalue weighted by Crippen LogP contribution is -2.26. The van der Waals surface area contributed by atoms with Gasteiger partial charge in [-0.25, -0.2) is 0 Å². The maximum atomic E-state index is 11.1. The van der Waals surface area contributed by atoms with E-state index in [1.54, 1.807) is 6.92 Å². The molecule has 0 bridgehead atoms. The van der Waals surface area contributed by atoms with E-state index in [1.807, 2.05) is 0 Å². The van der Waals surface area contributed by atoms with Crippen molar-refractivity contribution in [1.82, 2.24) is 0 Å². The highest BCUT2D eigenvalue weighted by Gasteiger charge is 2.15. The quantitative estimate of drug-likeness (QED) is 0.551. The lowest BCUT2D eigenvalue weighted by atomic mass is 10.1. The van der Waals surface area contributed by atoms with Crippen molar-refractivity contribution in [3.63, 3.8) is 0 Å². The topological polar surface area (TPSA) is 59.4 Å². The molecule has 1 unspecified atom stereocenters. The molecule has 4 heteroatoms. The highest BCUT2D eigenvalue weighted by Crippen LogP contribution is 2.12. The van der Waals surface area contributed by atoms with Gasteiger partial charge in [-0.05, 0) is 26.2 Å². The summed E-state index contributed by atoms with van der Waals surface area (Å²) in [6, 6.07) is 0. The zero-order valence-corrected chi connectivity index (χ0v) is 8.54. The molecule has 1 heterocycles. The molecule has 0 aromatic carbocycles. The number of carbonyl (C=O) groups excluding carboxylic acids is 1. The molecule has 1 rings (SSSR count). The third-order valence-electron chi connectivity index (χ3n) is 2.11. The Morgan fingerprint density at radius 1 is 1.57 bits per heavy atom. The highest BCUT2D eigenvalue weighted by atomic mass is 16.6. The van der Waals surface area contributed by atoms with Gasteiger partial charge in [0.15, 0.2) is 0 Å². The fourth-order valence-corrected chi connectivity index (χ4v) is 1.39. The number of rotatable bonds is 4. The molecule has 14 heavy (non-hydrogen) atoms. The molecule has 4 nitrogen and oxygen atoms in total. The van der Waals surface area contributed by atoms with Crippen LogP contribution in [0.15, 0.2) is 0 Å². The van der Waals surface area contributed by atoms with Gasteiger partial charge < -0.3 is 14.9 Å². The van der Waals surface area contributed by atoms with E-state index in [0.717, 1.165) is 25.9 Å². The predicted octanol–water partition coefficient (Wildman–Crippen LogP) is 1.53. The second kappa shape index (κ2) is 5.75. The zero-order valence-electron chi connectivity index (χ0n) is 8.54. The van der Waals surface area contributed by atoms with Crippen LogP contribution in [0.1, 0.15) is 32.6 Å². The third kappa shape index (κ3) is 4.37. The maximum Gasteiger partial charge on any atom is 0.311 e. The molecule has 1 aliphatic rings. The number of ether oxygens (including phenoxy) is 2. The Kier molecular flexibility index (Phi) is 4.59. The van der Waals surface area contributed by atoms with Gasteiger partial charge in [-0.3, -0.25) is 4.79 Å². The summed E-state index contributed by atoms with van der Waals surface area (Å²) < 4.78 is 10.4. The first kappa shape index (κ1) is 11.2. The minimum atomic E-state index is -0.327. The fourth-order valence-electron chi connectivity index (χ4n) is 1.39. The molecule has 1 N–H and O–H groups in total. The summed E-state index contributed by atoms with van der Waals surface area (Å²) >= 11 is 0. The fraction of sp³-hybridized carbons (Fsp3) is 0.800. The Labute approximate surface area is 84.1 Å². The Bertz CT molecular complexity index is 209. The van der Waals surface area contributed by atoms with Crippen LogP contribution in [0, 0.1) is 5.41 Å². The summed E-state index contributed by atoms with van der Waals surface area (Å²) in [5, 5.41) is 7.12. The van der Waals surface area contributed by atoms with Gasteiger partial charge in [0.05, 0.1) is 12.5 Å². The van der Waals surface area contributed by atoms with Gasteiger partial charge in [0.2, 0.25) is 0 Å². The van der Waals surface area contributed by atoms with Crippen molar-refractivity contribution < 1.29 is 14.3 Å². The zero-order chi connectivity index (χ0) is 10.4. The first-order chi connectivity index (χ1) is 6.68. The van der Waals surface area contributed by atoms with Crippen molar-refractivity contribution in [2.75, 3.05) is 13.2 Å². The van der Waals surface area contributed by atoms with Gasteiger partial charge >= 0.3 is 5.97 Å². The van der Waals surface area contributed by atoms with E-state index in [2.05, 4.69) is 0 Å². The van der Waals surface area contributed by atoms with Crippen molar-refractivity contribution in [1.29, 1.82) is 5.41 Å². The third-order valence-corrected chi connectivity index (χ3v) is 2.11. The monoisotopic (exact) mass is 199 g/mol. The van der Waals surface area contributed by atoms with Crippen LogP contribution in [0.25, 0.3) is 0 Å². The van der Waals surface area contributed by atoms with E-state index in [0.29, 0.717) is 12.3 Å². The van der Waals surface area contributed by atoms with Gasteiger partial charge in [0.1, 0.15) is 6.61 Å². The van der Waals surface area contributed by atoms with Crippen LogP contribution < -0.4 is 0 Å². The average Bonchev–Trinajstić information content (AvgIpc) is 2.15. The Morgan fingerprint density at radius 3 is 2.93 bits per heavy atom. The summed E-state index contributed by atoms with van der Waals surface area (Å²) in [4.78, 5) is 11.1. The molecule has 0 spiro atoms. The first-order valence-corrected chi connectivity index (χ1v) is 4.99. The molecule has 0 radical (unpaired) electrons. The summed E-state index contributed by atoms with van der Waals surface area (Å²) in [6.45, 7) is 2.70. The van der Waals surface area contributed by atoms with Crippen LogP contribution in [0.2, 0.25) is 0 Å². The average molecular weight is 199 g/mol. The smallest absolute Gasteiger partial charge is 0.311 e. The molecule has 80 valence electrons. The largest absolute Gasteiger partial charge is 0.463 e. The van der Waals surface area contributed by atoms with E-state index in [-0.39, 0.29) is 18.5 Å². The van der Waals surface area contributed by atoms with Crippen LogP contribution in [-0.2, 0) is 14.3 Å². The lowest BCUT2D eigenvalue weighted by Gasteiger charge is -2.21. The van der Waals surface area contributed by atoms with Crippen LogP contribution in [-0.4, -0.2) is 31.0 Å². The molecule has 0 amide bonds. The second-order valence-corrected chi connectivity index (χ2v) is 3.63. The van der Waals surface area contributed by atoms with Gasteiger partial charge in [-0.2, -0.15) is 0 Å². The summed E-state index contributed by atoms with van der Waals surface area (Å²) in [5.74, 6) is -0.327. The number of carbonyl (C=O) groups is 1. The van der Waals surface area contributed by atoms with E-state index in [9.17, 15) is 4.79 Å². The SMILES string of the molecule is CC(=N)CC(=O)OCC1CCCCO1. The molecule has 0 aromatic rings. The summed E-state index contributed by atoms with van der Waals surface area (Å²) in [6.07, 6.45) is 3.37. The molecular formula is C10H17NO3. The number of nitrogens with one attached hydrogen (secondary N) is 1. The minimum Gasteiger partial charge on any atom is -0.463 e. The molecule has 1 saturated heterocycles. The standard InChI is InChI=1S/C10H17NO3/c1-8(11)6-10(12)14-7-9-4-2-3-5-13-9/h9,11H,2-7H2,1H3. The number of hydrogen-bond acceptors (Lipinski definition) is 4. The van der Waals surface area contributed by atoms with Crippen molar-refractivity contribution in [2.45, 2.75) is 38.7 Å². The van der Waals surface area contributed by atoms with Gasteiger partial charge in [-0.15, -0.1) is 0 Å². The number of esters is 1. The second-order valence-electron chi connectivity index (χ2n) is 3.63. The normalized spacial score (nSPS) is 21.6. The molecule has 0 aromatic heterocycles. The first-order valence-electron chi connectivity index (χ1n) is 4.99. The predicted molar refractivity (Wildman–Crippen MR) is 52.6 cm³/mol. The molecule has 1 atom stereocenters. The highest BCUT2D eigenvalue weighted by molar-refractivity contribution is 5.95. The van der Waals surface area contributed by atoms with Crippen molar-refractivity contribution >= 4 is 11.7 Å². The molecule has 0 saturated carbocycles. The van der Waals surface area contributed by atoms with E-state index in [4.69, 9.17) is 14.9 Å². The van der Waals surface area contributed by atoms with Crippen molar-refractivity contribution in [3.05, 3.63) is 0 Å². The van der Waals surface area contributed by atoms with E-state index >= 15 is 0 Å². The van der Waals surface area contributed by atoms with Gasteiger partial charge in [0, 0.05) is 12.3 Å². The van der Waals surface area contributed by atoms with Crippen LogP contribution in [0.5, 0.6) is 0 Å². The minimum absolute atomic E-state index is 0.0683. The van der Waals surface area contributed by atoms with E-state index in [1.165, 1.54) is 0 Å². The Morgan fingerprint density at radius 2 is 2.36 bits per heavy atom. The molecular weight excluding hydrogens is 182 g/mol.